The Morgan fingerprint density at radius 2 is 1.95 bits per heavy atom. The SMILES string of the molecule is Cc1[nH]c2ccc(C(=O)NCc3ccncc3)cc2c1C. The molecular formula is C17H17N3O. The summed E-state index contributed by atoms with van der Waals surface area (Å²) >= 11 is 0. The van der Waals surface area contributed by atoms with Crippen molar-refractivity contribution in [3.63, 3.8) is 0 Å². The molecule has 2 heterocycles. The third-order valence-corrected chi connectivity index (χ3v) is 3.77. The number of nitrogens with one attached hydrogen (secondary N) is 2. The zero-order valence-corrected chi connectivity index (χ0v) is 12.1. The number of carbonyl (C=O) groups excluding carboxylic acids is 1. The topological polar surface area (TPSA) is 57.8 Å². The minimum atomic E-state index is -0.0630. The average molecular weight is 279 g/mol. The van der Waals surface area contributed by atoms with E-state index in [0.29, 0.717) is 12.1 Å². The second-order valence-corrected chi connectivity index (χ2v) is 5.17. The summed E-state index contributed by atoms with van der Waals surface area (Å²) < 4.78 is 0. The Labute approximate surface area is 123 Å². The van der Waals surface area contributed by atoms with E-state index in [1.165, 1.54) is 5.56 Å². The molecule has 2 N–H and O–H groups in total. The van der Waals surface area contributed by atoms with Crippen molar-refractivity contribution in [3.8, 4) is 0 Å². The number of aryl methyl sites for hydroxylation is 2. The molecule has 0 radical (unpaired) electrons. The zero-order valence-electron chi connectivity index (χ0n) is 12.1. The van der Waals surface area contributed by atoms with Gasteiger partial charge in [-0.3, -0.25) is 9.78 Å². The van der Waals surface area contributed by atoms with Gasteiger partial charge in [0, 0.05) is 41.1 Å². The molecule has 21 heavy (non-hydrogen) atoms. The van der Waals surface area contributed by atoms with Crippen molar-refractivity contribution < 1.29 is 4.79 Å². The smallest absolute Gasteiger partial charge is 0.251 e. The van der Waals surface area contributed by atoms with E-state index in [-0.39, 0.29) is 5.91 Å². The van der Waals surface area contributed by atoms with E-state index in [2.05, 4.69) is 22.2 Å². The molecule has 0 saturated carbocycles. The maximum Gasteiger partial charge on any atom is 0.251 e. The molecular weight excluding hydrogens is 262 g/mol. The number of hydrogen-bond acceptors (Lipinski definition) is 2. The lowest BCUT2D eigenvalue weighted by molar-refractivity contribution is 0.0951. The minimum absolute atomic E-state index is 0.0630. The van der Waals surface area contributed by atoms with E-state index in [0.717, 1.165) is 22.2 Å². The number of H-pyrrole nitrogens is 1. The number of amides is 1. The second-order valence-electron chi connectivity index (χ2n) is 5.17. The summed E-state index contributed by atoms with van der Waals surface area (Å²) in [5.74, 6) is -0.0630. The number of fused-ring (bicyclic) bond motifs is 1. The first kappa shape index (κ1) is 13.4. The lowest BCUT2D eigenvalue weighted by Gasteiger charge is -2.05. The van der Waals surface area contributed by atoms with Crippen LogP contribution in [0.25, 0.3) is 10.9 Å². The molecule has 0 atom stereocenters. The molecule has 0 fully saturated rings. The van der Waals surface area contributed by atoms with Gasteiger partial charge in [0.2, 0.25) is 0 Å². The number of benzene rings is 1. The van der Waals surface area contributed by atoms with E-state index in [4.69, 9.17) is 0 Å². The van der Waals surface area contributed by atoms with Crippen LogP contribution in [0.3, 0.4) is 0 Å². The Morgan fingerprint density at radius 1 is 1.19 bits per heavy atom. The highest BCUT2D eigenvalue weighted by atomic mass is 16.1. The Balaban J connectivity index is 1.80. The zero-order chi connectivity index (χ0) is 14.8. The fourth-order valence-electron chi connectivity index (χ4n) is 2.39. The number of aromatic nitrogens is 2. The van der Waals surface area contributed by atoms with Gasteiger partial charge in [0.25, 0.3) is 5.91 Å². The van der Waals surface area contributed by atoms with Crippen molar-refractivity contribution in [2.75, 3.05) is 0 Å². The first-order valence-electron chi connectivity index (χ1n) is 6.91. The second kappa shape index (κ2) is 5.40. The van der Waals surface area contributed by atoms with Gasteiger partial charge in [-0.25, -0.2) is 0 Å². The predicted octanol–water partition coefficient (Wildman–Crippen LogP) is 3.11. The van der Waals surface area contributed by atoms with Gasteiger partial charge in [-0.15, -0.1) is 0 Å². The average Bonchev–Trinajstić information content (AvgIpc) is 2.80. The van der Waals surface area contributed by atoms with Gasteiger partial charge in [-0.1, -0.05) is 0 Å². The van der Waals surface area contributed by atoms with Crippen molar-refractivity contribution >= 4 is 16.8 Å². The lowest BCUT2D eigenvalue weighted by Crippen LogP contribution is -2.22. The highest BCUT2D eigenvalue weighted by molar-refractivity contribution is 5.99. The van der Waals surface area contributed by atoms with Gasteiger partial charge in [0.15, 0.2) is 0 Å². The lowest BCUT2D eigenvalue weighted by atomic mass is 10.1. The Bertz CT molecular complexity index is 790. The van der Waals surface area contributed by atoms with Crippen molar-refractivity contribution in [1.82, 2.24) is 15.3 Å². The van der Waals surface area contributed by atoms with Crippen LogP contribution in [0.1, 0.15) is 27.2 Å². The molecule has 3 rings (SSSR count). The molecule has 0 saturated heterocycles. The molecule has 4 heteroatoms. The molecule has 0 bridgehead atoms. The van der Waals surface area contributed by atoms with E-state index < -0.39 is 0 Å². The third-order valence-electron chi connectivity index (χ3n) is 3.77. The van der Waals surface area contributed by atoms with Crippen LogP contribution in [-0.2, 0) is 6.54 Å². The molecule has 1 amide bonds. The van der Waals surface area contributed by atoms with Crippen molar-refractivity contribution in [2.45, 2.75) is 20.4 Å². The first-order chi connectivity index (χ1) is 10.1. The van der Waals surface area contributed by atoms with E-state index in [1.807, 2.05) is 37.3 Å². The highest BCUT2D eigenvalue weighted by Crippen LogP contribution is 2.22. The van der Waals surface area contributed by atoms with Crippen molar-refractivity contribution in [3.05, 3.63) is 65.1 Å². The number of aromatic amines is 1. The van der Waals surface area contributed by atoms with Crippen LogP contribution in [0.5, 0.6) is 0 Å². The normalized spacial score (nSPS) is 10.8. The number of hydrogen-bond donors (Lipinski definition) is 2. The Hall–Kier alpha value is -2.62. The van der Waals surface area contributed by atoms with E-state index in [1.54, 1.807) is 12.4 Å². The maximum atomic E-state index is 12.2. The fourth-order valence-corrected chi connectivity index (χ4v) is 2.39. The summed E-state index contributed by atoms with van der Waals surface area (Å²) in [6.07, 6.45) is 3.44. The number of carbonyl (C=O) groups is 1. The molecule has 4 nitrogen and oxygen atoms in total. The van der Waals surface area contributed by atoms with Crippen LogP contribution in [0, 0.1) is 13.8 Å². The summed E-state index contributed by atoms with van der Waals surface area (Å²) in [5.41, 5.74) is 5.11. The summed E-state index contributed by atoms with van der Waals surface area (Å²) in [6.45, 7) is 4.61. The summed E-state index contributed by atoms with van der Waals surface area (Å²) in [4.78, 5) is 19.5. The van der Waals surface area contributed by atoms with Gasteiger partial charge in [-0.2, -0.15) is 0 Å². The van der Waals surface area contributed by atoms with Gasteiger partial charge in [0.05, 0.1) is 0 Å². The summed E-state index contributed by atoms with van der Waals surface area (Å²) in [6, 6.07) is 9.53. The first-order valence-corrected chi connectivity index (χ1v) is 6.91. The quantitative estimate of drug-likeness (QED) is 0.774. The molecule has 3 aromatic rings. The molecule has 0 spiro atoms. The summed E-state index contributed by atoms with van der Waals surface area (Å²) in [5, 5.41) is 4.03. The van der Waals surface area contributed by atoms with Gasteiger partial charge in [-0.05, 0) is 55.3 Å². The highest BCUT2D eigenvalue weighted by Gasteiger charge is 2.09. The predicted molar refractivity (Wildman–Crippen MR) is 83.2 cm³/mol. The Kier molecular flexibility index (Phi) is 3.44. The van der Waals surface area contributed by atoms with Crippen LogP contribution < -0.4 is 5.32 Å². The van der Waals surface area contributed by atoms with Crippen molar-refractivity contribution in [2.24, 2.45) is 0 Å². The van der Waals surface area contributed by atoms with Crippen molar-refractivity contribution in [1.29, 1.82) is 0 Å². The van der Waals surface area contributed by atoms with Gasteiger partial charge in [0.1, 0.15) is 0 Å². The van der Waals surface area contributed by atoms with Crippen LogP contribution in [0.2, 0.25) is 0 Å². The standard InChI is InChI=1S/C17H17N3O/c1-11-12(2)20-16-4-3-14(9-15(11)16)17(21)19-10-13-5-7-18-8-6-13/h3-9,20H,10H2,1-2H3,(H,19,21). The van der Waals surface area contributed by atoms with Crippen LogP contribution in [0.4, 0.5) is 0 Å². The molecule has 106 valence electrons. The van der Waals surface area contributed by atoms with Crippen LogP contribution in [-0.4, -0.2) is 15.9 Å². The van der Waals surface area contributed by atoms with Gasteiger partial charge >= 0.3 is 0 Å². The van der Waals surface area contributed by atoms with Crippen LogP contribution >= 0.6 is 0 Å². The maximum absolute atomic E-state index is 12.2. The number of pyridine rings is 1. The summed E-state index contributed by atoms with van der Waals surface area (Å²) in [7, 11) is 0. The van der Waals surface area contributed by atoms with Gasteiger partial charge < -0.3 is 10.3 Å². The largest absolute Gasteiger partial charge is 0.358 e. The van der Waals surface area contributed by atoms with E-state index in [9.17, 15) is 4.79 Å². The molecule has 0 aliphatic rings. The molecule has 2 aromatic heterocycles. The van der Waals surface area contributed by atoms with Crippen LogP contribution in [0.15, 0.2) is 42.7 Å². The molecule has 1 aromatic carbocycles. The Morgan fingerprint density at radius 3 is 2.71 bits per heavy atom. The molecule has 0 aliphatic heterocycles. The van der Waals surface area contributed by atoms with E-state index >= 15 is 0 Å². The molecule has 0 unspecified atom stereocenters. The monoisotopic (exact) mass is 279 g/mol. The fraction of sp³-hybridized carbons (Fsp3) is 0.176. The third kappa shape index (κ3) is 2.65. The molecule has 0 aliphatic carbocycles. The number of nitrogens with zero attached hydrogens (tertiary/aromatic N) is 1. The number of rotatable bonds is 3. The minimum Gasteiger partial charge on any atom is -0.358 e.